The molecule has 98 valence electrons. The smallest absolute Gasteiger partial charge is 0.102 e. The number of hydrogen-bond acceptors (Lipinski definition) is 2. The maximum atomic E-state index is 12.8. The molecule has 3 aliphatic rings. The summed E-state index contributed by atoms with van der Waals surface area (Å²) in [5, 5.41) is 3.81. The number of rotatable bonds is 3. The quantitative estimate of drug-likeness (QED) is 0.814. The second-order valence-corrected chi connectivity index (χ2v) is 6.59. The molecule has 0 aromatic heterocycles. The van der Waals surface area contributed by atoms with E-state index in [1.807, 2.05) is 0 Å². The van der Waals surface area contributed by atoms with Gasteiger partial charge in [0.05, 0.1) is 0 Å². The van der Waals surface area contributed by atoms with Crippen molar-refractivity contribution in [3.63, 3.8) is 0 Å². The molecule has 2 aliphatic carbocycles. The predicted octanol–water partition coefficient (Wildman–Crippen LogP) is 2.34. The molecule has 2 saturated carbocycles. The van der Waals surface area contributed by atoms with Gasteiger partial charge in [0.15, 0.2) is 0 Å². The molecule has 1 heterocycles. The maximum Gasteiger partial charge on any atom is 0.102 e. The van der Waals surface area contributed by atoms with Gasteiger partial charge >= 0.3 is 0 Å². The highest BCUT2D eigenvalue weighted by Crippen LogP contribution is 2.45. The predicted molar refractivity (Wildman–Crippen MR) is 67.9 cm³/mol. The van der Waals surface area contributed by atoms with Crippen LogP contribution in [0.5, 0.6) is 0 Å². The Balaban J connectivity index is 1.75. The van der Waals surface area contributed by atoms with E-state index in [4.69, 9.17) is 0 Å². The van der Waals surface area contributed by atoms with E-state index in [1.165, 1.54) is 38.5 Å². The van der Waals surface area contributed by atoms with Crippen molar-refractivity contribution in [1.29, 1.82) is 0 Å². The van der Waals surface area contributed by atoms with Gasteiger partial charge in [-0.1, -0.05) is 12.8 Å². The second-order valence-electron chi connectivity index (χ2n) is 6.59. The monoisotopic (exact) mass is 240 g/mol. The molecule has 1 N–H and O–H groups in total. The lowest BCUT2D eigenvalue weighted by Gasteiger charge is -2.52. The van der Waals surface area contributed by atoms with Crippen LogP contribution in [0, 0.1) is 5.92 Å². The summed E-state index contributed by atoms with van der Waals surface area (Å²) in [5.74, 6) is 0.836. The summed E-state index contributed by atoms with van der Waals surface area (Å²) >= 11 is 0. The van der Waals surface area contributed by atoms with Crippen LogP contribution in [0.4, 0.5) is 4.39 Å². The van der Waals surface area contributed by atoms with Crippen LogP contribution in [0.1, 0.15) is 45.4 Å². The zero-order chi connectivity index (χ0) is 11.9. The lowest BCUT2D eigenvalue weighted by molar-refractivity contribution is 0.00223. The van der Waals surface area contributed by atoms with Gasteiger partial charge in [0.1, 0.15) is 6.67 Å². The van der Waals surface area contributed by atoms with Crippen LogP contribution in [0.25, 0.3) is 0 Å². The first kappa shape index (κ1) is 11.9. The molecule has 1 unspecified atom stereocenters. The van der Waals surface area contributed by atoms with Gasteiger partial charge in [-0.05, 0) is 38.5 Å². The lowest BCUT2D eigenvalue weighted by Crippen LogP contribution is -2.69. The highest BCUT2D eigenvalue weighted by atomic mass is 19.1. The molecular weight excluding hydrogens is 215 g/mol. The van der Waals surface area contributed by atoms with Crippen LogP contribution in [0.15, 0.2) is 0 Å². The van der Waals surface area contributed by atoms with Crippen LogP contribution in [-0.4, -0.2) is 42.3 Å². The van der Waals surface area contributed by atoms with Crippen LogP contribution in [0.2, 0.25) is 0 Å². The molecule has 2 nitrogen and oxygen atoms in total. The fraction of sp³-hybridized carbons (Fsp3) is 1.00. The van der Waals surface area contributed by atoms with Crippen molar-refractivity contribution < 1.29 is 4.39 Å². The van der Waals surface area contributed by atoms with E-state index in [0.717, 1.165) is 19.0 Å². The summed E-state index contributed by atoms with van der Waals surface area (Å²) in [5.41, 5.74) is 0.545. The van der Waals surface area contributed by atoms with E-state index in [-0.39, 0.29) is 12.2 Å². The summed E-state index contributed by atoms with van der Waals surface area (Å²) in [6.07, 6.45) is 7.90. The van der Waals surface area contributed by atoms with Gasteiger partial charge in [0.2, 0.25) is 0 Å². The normalized spacial score (nSPS) is 37.8. The number of piperazine rings is 1. The largest absolute Gasteiger partial charge is 0.308 e. The number of nitrogens with zero attached hydrogens (tertiary/aromatic N) is 1. The highest BCUT2D eigenvalue weighted by molar-refractivity contribution is 5.10. The van der Waals surface area contributed by atoms with Gasteiger partial charge in [0.25, 0.3) is 0 Å². The van der Waals surface area contributed by atoms with E-state index < -0.39 is 0 Å². The van der Waals surface area contributed by atoms with Crippen LogP contribution in [-0.2, 0) is 0 Å². The Morgan fingerprint density at radius 2 is 2.00 bits per heavy atom. The molecule has 0 bridgehead atoms. The summed E-state index contributed by atoms with van der Waals surface area (Å²) in [7, 11) is 0. The van der Waals surface area contributed by atoms with Gasteiger partial charge in [-0.15, -0.1) is 0 Å². The summed E-state index contributed by atoms with van der Waals surface area (Å²) in [4.78, 5) is 2.48. The number of halogens is 1. The van der Waals surface area contributed by atoms with E-state index in [2.05, 4.69) is 17.1 Å². The molecule has 3 heteroatoms. The Morgan fingerprint density at radius 1 is 1.29 bits per heavy atom. The Bertz CT molecular complexity index is 284. The Labute approximate surface area is 104 Å². The fourth-order valence-electron chi connectivity index (χ4n) is 4.04. The SMILES string of the molecule is CC1(C2CC2)CN(CCF)C2(CCCC2)CN1. The molecule has 17 heavy (non-hydrogen) atoms. The minimum absolute atomic E-state index is 0.192. The third kappa shape index (κ3) is 2.01. The number of alkyl halides is 1. The first-order valence-corrected chi connectivity index (χ1v) is 7.25. The minimum Gasteiger partial charge on any atom is -0.308 e. The van der Waals surface area contributed by atoms with E-state index in [0.29, 0.717) is 12.1 Å². The van der Waals surface area contributed by atoms with Gasteiger partial charge in [-0.3, -0.25) is 4.90 Å². The van der Waals surface area contributed by atoms with Gasteiger partial charge in [-0.25, -0.2) is 4.39 Å². The number of hydrogen-bond donors (Lipinski definition) is 1. The molecule has 1 saturated heterocycles. The van der Waals surface area contributed by atoms with Crippen molar-refractivity contribution in [1.82, 2.24) is 10.2 Å². The second kappa shape index (κ2) is 4.20. The number of nitrogens with one attached hydrogen (secondary N) is 1. The molecule has 0 aromatic carbocycles. The zero-order valence-electron chi connectivity index (χ0n) is 11.0. The molecule has 0 amide bonds. The van der Waals surface area contributed by atoms with E-state index >= 15 is 0 Å². The van der Waals surface area contributed by atoms with Gasteiger partial charge < -0.3 is 5.32 Å². The van der Waals surface area contributed by atoms with Crippen LogP contribution >= 0.6 is 0 Å². The maximum absolute atomic E-state index is 12.8. The van der Waals surface area contributed by atoms with Gasteiger partial charge in [0, 0.05) is 30.7 Å². The third-order valence-corrected chi connectivity index (χ3v) is 5.38. The first-order valence-electron chi connectivity index (χ1n) is 7.25. The highest BCUT2D eigenvalue weighted by Gasteiger charge is 2.51. The molecule has 1 atom stereocenters. The standard InChI is InChI=1S/C14H25FN2/c1-13(12-4-5-12)11-17(9-8-15)14(10-16-13)6-2-3-7-14/h12,16H,2-11H2,1H3. The molecule has 3 fully saturated rings. The molecule has 0 aromatic rings. The Kier molecular flexibility index (Phi) is 2.94. The molecular formula is C14H25FN2. The van der Waals surface area contributed by atoms with Crippen molar-refractivity contribution in [3.05, 3.63) is 0 Å². The van der Waals surface area contributed by atoms with Crippen molar-refractivity contribution in [2.45, 2.75) is 56.5 Å². The lowest BCUT2D eigenvalue weighted by atomic mass is 9.84. The van der Waals surface area contributed by atoms with Crippen LogP contribution in [0.3, 0.4) is 0 Å². The van der Waals surface area contributed by atoms with Crippen molar-refractivity contribution >= 4 is 0 Å². The fourth-order valence-corrected chi connectivity index (χ4v) is 4.04. The van der Waals surface area contributed by atoms with Gasteiger partial charge in [-0.2, -0.15) is 0 Å². The Morgan fingerprint density at radius 3 is 2.59 bits per heavy atom. The molecule has 0 radical (unpaired) electrons. The first-order chi connectivity index (χ1) is 8.19. The molecule has 3 rings (SSSR count). The summed E-state index contributed by atoms with van der Waals surface area (Å²) < 4.78 is 12.8. The summed E-state index contributed by atoms with van der Waals surface area (Å²) in [6.45, 7) is 4.94. The van der Waals surface area contributed by atoms with E-state index in [9.17, 15) is 4.39 Å². The topological polar surface area (TPSA) is 15.3 Å². The molecule has 1 aliphatic heterocycles. The average Bonchev–Trinajstić information content (AvgIpc) is 3.07. The van der Waals surface area contributed by atoms with Crippen LogP contribution < -0.4 is 5.32 Å². The van der Waals surface area contributed by atoms with Crippen molar-refractivity contribution in [2.24, 2.45) is 5.92 Å². The summed E-state index contributed by atoms with van der Waals surface area (Å²) in [6, 6.07) is 0. The van der Waals surface area contributed by atoms with Crippen molar-refractivity contribution in [3.8, 4) is 0 Å². The Hall–Kier alpha value is -0.150. The third-order valence-electron chi connectivity index (χ3n) is 5.38. The van der Waals surface area contributed by atoms with E-state index in [1.54, 1.807) is 0 Å². The van der Waals surface area contributed by atoms with Crippen molar-refractivity contribution in [2.75, 3.05) is 26.3 Å². The average molecular weight is 240 g/mol. The minimum atomic E-state index is -0.192. The molecule has 1 spiro atoms. The zero-order valence-corrected chi connectivity index (χ0v) is 11.0.